The molecule has 6 nitrogen and oxygen atoms in total. The molecule has 7 heteroatoms. The predicted octanol–water partition coefficient (Wildman–Crippen LogP) is 2.75. The summed E-state index contributed by atoms with van der Waals surface area (Å²) in [7, 11) is 0. The summed E-state index contributed by atoms with van der Waals surface area (Å²) in [5.74, 6) is 0.492. The van der Waals surface area contributed by atoms with Crippen LogP contribution in [0.4, 0.5) is 0 Å². The van der Waals surface area contributed by atoms with E-state index in [0.717, 1.165) is 44.3 Å². The Morgan fingerprint density at radius 1 is 1.21 bits per heavy atom. The molecule has 0 aliphatic carbocycles. The summed E-state index contributed by atoms with van der Waals surface area (Å²) in [6.07, 6.45) is 4.20. The number of amides is 2. The number of hydrogen-bond acceptors (Lipinski definition) is 4. The van der Waals surface area contributed by atoms with Crippen LogP contribution in [-0.2, 0) is 16.1 Å². The van der Waals surface area contributed by atoms with Crippen LogP contribution in [0.3, 0.4) is 0 Å². The molecule has 0 saturated carbocycles. The normalized spacial score (nSPS) is 21.7. The van der Waals surface area contributed by atoms with E-state index in [2.05, 4.69) is 10.6 Å². The Balaban J connectivity index is 0.00000300. The summed E-state index contributed by atoms with van der Waals surface area (Å²) >= 11 is 0. The number of nitrogens with zero attached hydrogens (tertiary/aromatic N) is 1. The van der Waals surface area contributed by atoms with Gasteiger partial charge in [0, 0.05) is 25.2 Å². The highest BCUT2D eigenvalue weighted by Crippen LogP contribution is 2.19. The highest BCUT2D eigenvalue weighted by atomic mass is 35.5. The number of nitrogens with one attached hydrogen (secondary N) is 2. The van der Waals surface area contributed by atoms with Crippen molar-refractivity contribution in [2.24, 2.45) is 5.92 Å². The maximum Gasteiger partial charge on any atom is 0.253 e. The summed E-state index contributed by atoms with van der Waals surface area (Å²) in [5, 5.41) is 6.30. The van der Waals surface area contributed by atoms with E-state index in [0.29, 0.717) is 31.2 Å². The highest BCUT2D eigenvalue weighted by Gasteiger charge is 2.26. The minimum absolute atomic E-state index is 0. The summed E-state index contributed by atoms with van der Waals surface area (Å²) in [4.78, 5) is 27.0. The number of halogens is 1. The van der Waals surface area contributed by atoms with Crippen molar-refractivity contribution in [3.8, 4) is 0 Å². The maximum absolute atomic E-state index is 12.9. The Hall–Kier alpha value is -1.63. The number of piperidine rings is 1. The molecule has 2 unspecified atom stereocenters. The SMILES string of the molecule is CC(C)OCc1ccc(C(=O)N2CCCC(CNC(=O)C3CCCN3)C2)cc1.Cl. The van der Waals surface area contributed by atoms with Gasteiger partial charge in [-0.1, -0.05) is 12.1 Å². The Morgan fingerprint density at radius 3 is 2.62 bits per heavy atom. The molecular weight excluding hydrogens is 390 g/mol. The lowest BCUT2D eigenvalue weighted by Gasteiger charge is -2.33. The van der Waals surface area contributed by atoms with E-state index in [9.17, 15) is 9.59 Å². The Kier molecular flexibility index (Phi) is 9.40. The molecule has 0 aromatic heterocycles. The Labute approximate surface area is 180 Å². The van der Waals surface area contributed by atoms with Crippen LogP contribution in [-0.4, -0.2) is 55.0 Å². The van der Waals surface area contributed by atoms with Gasteiger partial charge < -0.3 is 20.3 Å². The quantitative estimate of drug-likeness (QED) is 0.707. The summed E-state index contributed by atoms with van der Waals surface area (Å²) in [6, 6.07) is 7.66. The summed E-state index contributed by atoms with van der Waals surface area (Å²) in [6.45, 7) is 7.64. The van der Waals surface area contributed by atoms with Gasteiger partial charge in [0.2, 0.25) is 5.91 Å². The zero-order valence-corrected chi connectivity index (χ0v) is 18.3. The molecule has 2 heterocycles. The maximum atomic E-state index is 12.9. The van der Waals surface area contributed by atoms with Crippen molar-refractivity contribution in [1.82, 2.24) is 15.5 Å². The number of ether oxygens (including phenoxy) is 1. The van der Waals surface area contributed by atoms with Gasteiger partial charge in [-0.25, -0.2) is 0 Å². The lowest BCUT2D eigenvalue weighted by molar-refractivity contribution is -0.123. The third kappa shape index (κ3) is 6.98. The first-order valence-corrected chi connectivity index (χ1v) is 10.5. The molecule has 1 aromatic rings. The fourth-order valence-corrected chi connectivity index (χ4v) is 3.88. The van der Waals surface area contributed by atoms with Crippen LogP contribution in [0.15, 0.2) is 24.3 Å². The van der Waals surface area contributed by atoms with Crippen LogP contribution in [0.25, 0.3) is 0 Å². The van der Waals surface area contributed by atoms with Crippen LogP contribution >= 0.6 is 12.4 Å². The van der Waals surface area contributed by atoms with Crippen LogP contribution < -0.4 is 10.6 Å². The van der Waals surface area contributed by atoms with E-state index in [1.54, 1.807) is 0 Å². The molecule has 29 heavy (non-hydrogen) atoms. The molecule has 0 spiro atoms. The highest BCUT2D eigenvalue weighted by molar-refractivity contribution is 5.94. The van der Waals surface area contributed by atoms with Crippen molar-refractivity contribution in [3.63, 3.8) is 0 Å². The fraction of sp³-hybridized carbons (Fsp3) is 0.636. The van der Waals surface area contributed by atoms with E-state index in [1.807, 2.05) is 43.0 Å². The molecule has 2 fully saturated rings. The average Bonchev–Trinajstić information content (AvgIpc) is 3.25. The second-order valence-corrected chi connectivity index (χ2v) is 8.21. The molecule has 2 N–H and O–H groups in total. The van der Waals surface area contributed by atoms with E-state index >= 15 is 0 Å². The minimum atomic E-state index is -0.0421. The van der Waals surface area contributed by atoms with Gasteiger partial charge in [-0.15, -0.1) is 12.4 Å². The van der Waals surface area contributed by atoms with Crippen molar-refractivity contribution < 1.29 is 14.3 Å². The number of benzene rings is 1. The molecule has 2 atom stereocenters. The van der Waals surface area contributed by atoms with Gasteiger partial charge in [-0.05, 0) is 69.7 Å². The van der Waals surface area contributed by atoms with E-state index in [-0.39, 0.29) is 36.4 Å². The van der Waals surface area contributed by atoms with Gasteiger partial charge in [0.1, 0.15) is 0 Å². The molecule has 3 rings (SSSR count). The topological polar surface area (TPSA) is 70.7 Å². The lowest BCUT2D eigenvalue weighted by Crippen LogP contribution is -2.46. The smallest absolute Gasteiger partial charge is 0.253 e. The van der Waals surface area contributed by atoms with Crippen LogP contribution in [0, 0.1) is 5.92 Å². The van der Waals surface area contributed by atoms with Gasteiger partial charge >= 0.3 is 0 Å². The summed E-state index contributed by atoms with van der Waals surface area (Å²) in [5.41, 5.74) is 1.79. The predicted molar refractivity (Wildman–Crippen MR) is 116 cm³/mol. The van der Waals surface area contributed by atoms with Crippen molar-refractivity contribution >= 4 is 24.2 Å². The van der Waals surface area contributed by atoms with Gasteiger partial charge in [0.25, 0.3) is 5.91 Å². The molecule has 0 bridgehead atoms. The Bertz CT molecular complexity index is 660. The first kappa shape index (κ1) is 23.6. The number of carbonyl (C=O) groups is 2. The molecular formula is C22H34ClN3O3. The zero-order valence-electron chi connectivity index (χ0n) is 17.5. The molecule has 2 aliphatic heterocycles. The second kappa shape index (κ2) is 11.5. The number of likely N-dealkylation sites (tertiary alicyclic amines) is 1. The standard InChI is InChI=1S/C22H33N3O3.ClH/c1-16(2)28-15-17-7-9-19(10-8-17)22(27)25-12-4-5-18(14-25)13-24-21(26)20-6-3-11-23-20;/h7-10,16,18,20,23H,3-6,11-15H2,1-2H3,(H,24,26);1H. The van der Waals surface area contributed by atoms with E-state index in [1.165, 1.54) is 0 Å². The van der Waals surface area contributed by atoms with Crippen molar-refractivity contribution in [2.75, 3.05) is 26.2 Å². The third-order valence-corrected chi connectivity index (χ3v) is 5.53. The lowest BCUT2D eigenvalue weighted by atomic mass is 9.97. The number of hydrogen-bond donors (Lipinski definition) is 2. The average molecular weight is 424 g/mol. The first-order valence-electron chi connectivity index (χ1n) is 10.5. The molecule has 2 aliphatic rings. The van der Waals surface area contributed by atoms with Crippen molar-refractivity contribution in [1.29, 1.82) is 0 Å². The van der Waals surface area contributed by atoms with Crippen molar-refractivity contribution in [3.05, 3.63) is 35.4 Å². The van der Waals surface area contributed by atoms with Crippen LogP contribution in [0.5, 0.6) is 0 Å². The fourth-order valence-electron chi connectivity index (χ4n) is 3.88. The second-order valence-electron chi connectivity index (χ2n) is 8.21. The molecule has 2 saturated heterocycles. The monoisotopic (exact) mass is 423 g/mol. The molecule has 0 radical (unpaired) electrons. The molecule has 162 valence electrons. The van der Waals surface area contributed by atoms with Gasteiger partial charge in [-0.2, -0.15) is 0 Å². The first-order chi connectivity index (χ1) is 13.5. The summed E-state index contributed by atoms with van der Waals surface area (Å²) < 4.78 is 5.61. The van der Waals surface area contributed by atoms with Gasteiger partial charge in [0.05, 0.1) is 18.8 Å². The molecule has 2 amide bonds. The number of rotatable bonds is 7. The Morgan fingerprint density at radius 2 is 1.97 bits per heavy atom. The largest absolute Gasteiger partial charge is 0.374 e. The minimum Gasteiger partial charge on any atom is -0.374 e. The number of carbonyl (C=O) groups excluding carboxylic acids is 2. The zero-order chi connectivity index (χ0) is 19.9. The van der Waals surface area contributed by atoms with Crippen molar-refractivity contribution in [2.45, 2.75) is 58.3 Å². The third-order valence-electron chi connectivity index (χ3n) is 5.53. The van der Waals surface area contributed by atoms with E-state index in [4.69, 9.17) is 4.74 Å². The van der Waals surface area contributed by atoms with Crippen LogP contribution in [0.2, 0.25) is 0 Å². The van der Waals surface area contributed by atoms with Crippen LogP contribution in [0.1, 0.15) is 55.5 Å². The van der Waals surface area contributed by atoms with E-state index < -0.39 is 0 Å². The molecule has 1 aromatic carbocycles. The van der Waals surface area contributed by atoms with Gasteiger partial charge in [0.15, 0.2) is 0 Å². The van der Waals surface area contributed by atoms with Gasteiger partial charge in [-0.3, -0.25) is 9.59 Å².